The van der Waals surface area contributed by atoms with Gasteiger partial charge in [-0.1, -0.05) is 62.4 Å². The van der Waals surface area contributed by atoms with Crippen molar-refractivity contribution in [2.75, 3.05) is 0 Å². The number of phenols is 1. The topological polar surface area (TPSA) is 50.9 Å². The minimum Gasteiger partial charge on any atom is -0.507 e. The maximum Gasteiger partial charge on any atom is 0.144 e. The molecule has 205 valence electrons. The Morgan fingerprint density at radius 1 is 0.878 bits per heavy atom. The molecule has 2 aromatic heterocycles. The zero-order chi connectivity index (χ0) is 30.3. The summed E-state index contributed by atoms with van der Waals surface area (Å²) in [5.74, 6) is 0.0484. The van der Waals surface area contributed by atoms with Gasteiger partial charge in [-0.25, -0.2) is 9.37 Å². The SMILES string of the molecule is Cc1[c-]c(-c2nccc3cc(F)c4ccccc4c23)cc(C)c1.[2H]C([2H])([2H])n1c(-c2ccccc2O)nc2ccccc21.[Ir]. The molecule has 7 aromatic rings. The largest absolute Gasteiger partial charge is 0.507 e. The number of aromatic nitrogens is 3. The van der Waals surface area contributed by atoms with Gasteiger partial charge in [0.2, 0.25) is 0 Å². The Labute approximate surface area is 255 Å². The van der Waals surface area contributed by atoms with Crippen molar-refractivity contribution in [1.29, 1.82) is 0 Å². The standard InChI is InChI=1S/C21H15FN.C14H12N2O.Ir/c1-13-9-14(2)11-16(10-13)21-20-15(7-8-23-21)12-19(22)17-5-3-4-6-18(17)20;1-16-12-8-4-3-7-11(12)15-14(16)10-6-2-5-9-13(10)17;/h3-10,12H,1-2H3;2-9,17H,1H3;/q-1;;/i;1D3;. The molecule has 2 heterocycles. The van der Waals surface area contributed by atoms with Gasteiger partial charge in [-0.3, -0.25) is 0 Å². The van der Waals surface area contributed by atoms with Crippen molar-refractivity contribution in [2.24, 2.45) is 6.98 Å². The first-order chi connectivity index (χ1) is 20.6. The smallest absolute Gasteiger partial charge is 0.144 e. The van der Waals surface area contributed by atoms with Crippen LogP contribution in [0.25, 0.3) is 55.2 Å². The van der Waals surface area contributed by atoms with Crippen LogP contribution in [-0.2, 0) is 27.1 Å². The van der Waals surface area contributed by atoms with E-state index in [1.807, 2.05) is 37.3 Å². The number of halogens is 1. The maximum absolute atomic E-state index is 14.4. The number of rotatable bonds is 2. The van der Waals surface area contributed by atoms with Gasteiger partial charge in [0.25, 0.3) is 0 Å². The van der Waals surface area contributed by atoms with E-state index in [1.165, 1.54) is 16.2 Å². The van der Waals surface area contributed by atoms with Crippen LogP contribution in [0.5, 0.6) is 5.75 Å². The number of aryl methyl sites for hydroxylation is 3. The fourth-order valence-corrected chi connectivity index (χ4v) is 5.10. The second kappa shape index (κ2) is 11.6. The van der Waals surface area contributed by atoms with Crippen molar-refractivity contribution in [2.45, 2.75) is 13.8 Å². The first-order valence-electron chi connectivity index (χ1n) is 14.3. The minimum absolute atomic E-state index is 0. The Balaban J connectivity index is 0.000000172. The molecule has 0 saturated carbocycles. The van der Waals surface area contributed by atoms with Gasteiger partial charge in [-0.15, -0.1) is 34.9 Å². The van der Waals surface area contributed by atoms with Crippen molar-refractivity contribution >= 4 is 32.6 Å². The second-order valence-corrected chi connectivity index (χ2v) is 9.69. The molecule has 5 aromatic carbocycles. The molecule has 0 saturated heterocycles. The molecule has 0 aliphatic rings. The first kappa shape index (κ1) is 24.4. The zero-order valence-corrected chi connectivity index (χ0v) is 24.7. The van der Waals surface area contributed by atoms with Crippen LogP contribution in [0.1, 0.15) is 15.2 Å². The van der Waals surface area contributed by atoms with Crippen LogP contribution in [0.15, 0.2) is 103 Å². The summed E-state index contributed by atoms with van der Waals surface area (Å²) in [6, 6.07) is 32.2. The molecule has 0 unspecified atom stereocenters. The fraction of sp³-hybridized carbons (Fsp3) is 0.0857. The molecule has 0 fully saturated rings. The number of phenolic OH excluding ortho intramolecular Hbond substituents is 1. The van der Waals surface area contributed by atoms with E-state index in [9.17, 15) is 9.50 Å². The van der Waals surface area contributed by atoms with Crippen LogP contribution < -0.4 is 0 Å². The van der Waals surface area contributed by atoms with Crippen molar-refractivity contribution in [3.8, 4) is 28.4 Å². The third-order valence-corrected chi connectivity index (χ3v) is 6.83. The Hall–Kier alpha value is -4.38. The molecule has 0 aliphatic heterocycles. The minimum atomic E-state index is -2.37. The number of aromatic hydroxyl groups is 1. The Morgan fingerprint density at radius 2 is 1.61 bits per heavy atom. The van der Waals surface area contributed by atoms with Crippen LogP contribution in [-0.4, -0.2) is 19.6 Å². The van der Waals surface area contributed by atoms with Gasteiger partial charge in [0.1, 0.15) is 17.4 Å². The van der Waals surface area contributed by atoms with E-state index in [1.54, 1.807) is 54.7 Å². The molecular formula is C35H27FIrN3O-. The predicted molar refractivity (Wildman–Crippen MR) is 161 cm³/mol. The van der Waals surface area contributed by atoms with Crippen molar-refractivity contribution < 1.29 is 33.7 Å². The van der Waals surface area contributed by atoms with Crippen molar-refractivity contribution in [3.05, 3.63) is 126 Å². The zero-order valence-electron chi connectivity index (χ0n) is 25.3. The number of fused-ring (bicyclic) bond motifs is 4. The second-order valence-electron chi connectivity index (χ2n) is 9.69. The average Bonchev–Trinajstić information content (AvgIpc) is 3.37. The van der Waals surface area contributed by atoms with E-state index >= 15 is 0 Å². The normalized spacial score (nSPS) is 12.2. The maximum atomic E-state index is 14.4. The summed E-state index contributed by atoms with van der Waals surface area (Å²) >= 11 is 0. The summed E-state index contributed by atoms with van der Waals surface area (Å²) < 4.78 is 38.6. The van der Waals surface area contributed by atoms with E-state index in [2.05, 4.69) is 35.1 Å². The summed E-state index contributed by atoms with van der Waals surface area (Å²) in [4.78, 5) is 8.94. The summed E-state index contributed by atoms with van der Waals surface area (Å²) in [5, 5.41) is 13.3. The Kier molecular flexibility index (Phi) is 6.92. The number of hydrogen-bond acceptors (Lipinski definition) is 3. The van der Waals surface area contributed by atoms with Crippen LogP contribution in [0.4, 0.5) is 4.39 Å². The Bertz CT molecular complexity index is 2120. The summed E-state index contributed by atoms with van der Waals surface area (Å²) in [6.07, 6.45) is 1.73. The summed E-state index contributed by atoms with van der Waals surface area (Å²) in [5.41, 5.74) is 5.55. The molecule has 1 radical (unpaired) electrons. The number of pyridine rings is 1. The third-order valence-electron chi connectivity index (χ3n) is 6.83. The van der Waals surface area contributed by atoms with E-state index < -0.39 is 6.98 Å². The number of imidazole rings is 1. The van der Waals surface area contributed by atoms with E-state index in [-0.39, 0.29) is 37.5 Å². The van der Waals surface area contributed by atoms with E-state index in [0.717, 1.165) is 33.0 Å². The molecule has 0 spiro atoms. The molecule has 0 atom stereocenters. The molecule has 0 aliphatic carbocycles. The molecule has 41 heavy (non-hydrogen) atoms. The number of benzene rings is 5. The van der Waals surface area contributed by atoms with Crippen molar-refractivity contribution in [3.63, 3.8) is 0 Å². The summed E-state index contributed by atoms with van der Waals surface area (Å²) in [7, 11) is 0. The van der Waals surface area contributed by atoms with Crippen LogP contribution in [0, 0.1) is 25.7 Å². The summed E-state index contributed by atoms with van der Waals surface area (Å²) in [6.45, 7) is 1.72. The molecule has 7 rings (SSSR count). The Morgan fingerprint density at radius 3 is 2.39 bits per heavy atom. The predicted octanol–water partition coefficient (Wildman–Crippen LogP) is 8.55. The van der Waals surface area contributed by atoms with Gasteiger partial charge in [0, 0.05) is 42.8 Å². The van der Waals surface area contributed by atoms with Crippen LogP contribution >= 0.6 is 0 Å². The van der Waals surface area contributed by atoms with E-state index in [0.29, 0.717) is 22.0 Å². The molecule has 6 heteroatoms. The monoisotopic (exact) mass is 720 g/mol. The third kappa shape index (κ3) is 5.37. The van der Waals surface area contributed by atoms with Gasteiger partial charge in [0.15, 0.2) is 0 Å². The number of hydrogen-bond donors (Lipinski definition) is 1. The first-order valence-corrected chi connectivity index (χ1v) is 12.8. The van der Waals surface area contributed by atoms with Gasteiger partial charge in [-0.2, -0.15) is 0 Å². The average molecular weight is 720 g/mol. The quantitative estimate of drug-likeness (QED) is 0.144. The van der Waals surface area contributed by atoms with Gasteiger partial charge < -0.3 is 14.7 Å². The van der Waals surface area contributed by atoms with Crippen LogP contribution in [0.3, 0.4) is 0 Å². The van der Waals surface area contributed by atoms with Gasteiger partial charge >= 0.3 is 0 Å². The number of nitrogens with zero attached hydrogens (tertiary/aromatic N) is 3. The van der Waals surface area contributed by atoms with Gasteiger partial charge in [-0.05, 0) is 58.3 Å². The molecule has 4 nitrogen and oxygen atoms in total. The van der Waals surface area contributed by atoms with Gasteiger partial charge in [0.05, 0.1) is 16.6 Å². The number of para-hydroxylation sites is 3. The van der Waals surface area contributed by atoms with Crippen LogP contribution in [0.2, 0.25) is 0 Å². The fourth-order valence-electron chi connectivity index (χ4n) is 5.10. The molecular weight excluding hydrogens is 690 g/mol. The molecule has 0 amide bonds. The molecule has 1 N–H and O–H groups in total. The van der Waals surface area contributed by atoms with E-state index in [4.69, 9.17) is 4.11 Å². The molecule has 0 bridgehead atoms. The van der Waals surface area contributed by atoms with Crippen molar-refractivity contribution in [1.82, 2.24) is 14.5 Å².